The SMILES string of the molecule is CC(C)c1nnc(CNS(=O)(=O)c2ccccc2S(C)(=O)=O)n1C. The molecule has 0 radical (unpaired) electrons. The Bertz CT molecular complexity index is 947. The summed E-state index contributed by atoms with van der Waals surface area (Å²) in [6.07, 6.45) is 0.971. The number of aromatic nitrogens is 3. The van der Waals surface area contributed by atoms with Crippen molar-refractivity contribution >= 4 is 19.9 Å². The quantitative estimate of drug-likeness (QED) is 0.804. The Balaban J connectivity index is 2.31. The molecule has 0 unspecified atom stereocenters. The molecule has 0 aliphatic carbocycles. The fraction of sp³-hybridized carbons (Fsp3) is 0.429. The normalized spacial score (nSPS) is 12.7. The van der Waals surface area contributed by atoms with E-state index in [1.165, 1.54) is 24.3 Å². The van der Waals surface area contributed by atoms with Crippen molar-refractivity contribution < 1.29 is 16.8 Å². The Kier molecular flexibility index (Phi) is 5.11. The van der Waals surface area contributed by atoms with Gasteiger partial charge in [0.05, 0.1) is 11.4 Å². The van der Waals surface area contributed by atoms with Crippen LogP contribution in [0.5, 0.6) is 0 Å². The van der Waals surface area contributed by atoms with Crippen LogP contribution in [0.4, 0.5) is 0 Å². The lowest BCUT2D eigenvalue weighted by molar-refractivity contribution is 0.570. The number of hydrogen-bond donors (Lipinski definition) is 1. The summed E-state index contributed by atoms with van der Waals surface area (Å²) in [5.41, 5.74) is 0. The Hall–Kier alpha value is -1.78. The number of nitrogens with one attached hydrogen (secondary N) is 1. The Labute approximate surface area is 141 Å². The zero-order valence-electron chi connectivity index (χ0n) is 13.9. The molecular weight excluding hydrogens is 352 g/mol. The van der Waals surface area contributed by atoms with Crippen molar-refractivity contribution in [3.63, 3.8) is 0 Å². The van der Waals surface area contributed by atoms with Crippen molar-refractivity contribution in [2.24, 2.45) is 7.05 Å². The van der Waals surface area contributed by atoms with Gasteiger partial charge in [0.15, 0.2) is 9.84 Å². The highest BCUT2D eigenvalue weighted by atomic mass is 32.2. The van der Waals surface area contributed by atoms with Crippen LogP contribution >= 0.6 is 0 Å². The highest BCUT2D eigenvalue weighted by Gasteiger charge is 2.24. The maximum absolute atomic E-state index is 12.5. The Morgan fingerprint density at radius 3 is 2.17 bits per heavy atom. The molecule has 0 saturated heterocycles. The van der Waals surface area contributed by atoms with Gasteiger partial charge in [0.1, 0.15) is 16.5 Å². The lowest BCUT2D eigenvalue weighted by atomic mass is 10.2. The molecule has 0 spiro atoms. The summed E-state index contributed by atoms with van der Waals surface area (Å²) >= 11 is 0. The van der Waals surface area contributed by atoms with E-state index in [9.17, 15) is 16.8 Å². The van der Waals surface area contributed by atoms with E-state index in [4.69, 9.17) is 0 Å². The van der Waals surface area contributed by atoms with Crippen LogP contribution in [0, 0.1) is 0 Å². The standard InChI is InChI=1S/C14H20N4O4S2/c1-10(2)14-17-16-13(18(14)3)9-15-24(21,22)12-8-6-5-7-11(12)23(4,19)20/h5-8,10,15H,9H2,1-4H3. The average Bonchev–Trinajstić information content (AvgIpc) is 2.85. The second kappa shape index (κ2) is 6.61. The van der Waals surface area contributed by atoms with Gasteiger partial charge < -0.3 is 4.57 Å². The number of rotatable bonds is 6. The van der Waals surface area contributed by atoms with Crippen LogP contribution in [0.1, 0.15) is 31.4 Å². The van der Waals surface area contributed by atoms with Crippen molar-refractivity contribution in [2.45, 2.75) is 36.1 Å². The van der Waals surface area contributed by atoms with Crippen molar-refractivity contribution in [1.82, 2.24) is 19.5 Å². The molecule has 8 nitrogen and oxygen atoms in total. The van der Waals surface area contributed by atoms with Gasteiger partial charge in [-0.2, -0.15) is 0 Å². The van der Waals surface area contributed by atoms with Gasteiger partial charge in [-0.15, -0.1) is 10.2 Å². The number of nitrogens with zero attached hydrogens (tertiary/aromatic N) is 3. The first kappa shape index (κ1) is 18.6. The predicted octanol–water partition coefficient (Wildman–Crippen LogP) is 0.821. The minimum Gasteiger partial charge on any atom is -0.317 e. The first-order chi connectivity index (χ1) is 11.0. The fourth-order valence-electron chi connectivity index (χ4n) is 2.25. The number of sulfonamides is 1. The first-order valence-electron chi connectivity index (χ1n) is 7.21. The molecule has 0 amide bonds. The second-order valence-electron chi connectivity index (χ2n) is 5.73. The van der Waals surface area contributed by atoms with Crippen LogP contribution in [0.3, 0.4) is 0 Å². The molecule has 1 heterocycles. The molecular formula is C14H20N4O4S2. The number of sulfone groups is 1. The summed E-state index contributed by atoms with van der Waals surface area (Å²) < 4.78 is 52.7. The van der Waals surface area contributed by atoms with E-state index in [2.05, 4.69) is 14.9 Å². The van der Waals surface area contributed by atoms with Gasteiger partial charge in [0.25, 0.3) is 0 Å². The molecule has 2 rings (SSSR count). The van der Waals surface area contributed by atoms with Crippen molar-refractivity contribution in [3.05, 3.63) is 35.9 Å². The van der Waals surface area contributed by atoms with Crippen LogP contribution in [0.15, 0.2) is 34.1 Å². The molecule has 1 N–H and O–H groups in total. The third kappa shape index (κ3) is 3.82. The topological polar surface area (TPSA) is 111 Å². The molecule has 24 heavy (non-hydrogen) atoms. The van der Waals surface area contributed by atoms with Crippen LogP contribution in [0.2, 0.25) is 0 Å². The minimum absolute atomic E-state index is 0.0867. The smallest absolute Gasteiger partial charge is 0.242 e. The predicted molar refractivity (Wildman–Crippen MR) is 88.7 cm³/mol. The fourth-order valence-corrected chi connectivity index (χ4v) is 4.86. The maximum atomic E-state index is 12.5. The van der Waals surface area contributed by atoms with Gasteiger partial charge in [0.2, 0.25) is 10.0 Å². The van der Waals surface area contributed by atoms with Gasteiger partial charge in [-0.25, -0.2) is 21.6 Å². The van der Waals surface area contributed by atoms with Crippen molar-refractivity contribution in [1.29, 1.82) is 0 Å². The molecule has 0 bridgehead atoms. The van der Waals surface area contributed by atoms with E-state index >= 15 is 0 Å². The first-order valence-corrected chi connectivity index (χ1v) is 10.6. The van der Waals surface area contributed by atoms with Crippen molar-refractivity contribution in [3.8, 4) is 0 Å². The van der Waals surface area contributed by atoms with Crippen LogP contribution < -0.4 is 4.72 Å². The molecule has 132 valence electrons. The Morgan fingerprint density at radius 1 is 1.08 bits per heavy atom. The third-order valence-corrected chi connectivity index (χ3v) is 6.22. The van der Waals surface area contributed by atoms with E-state index in [0.29, 0.717) is 5.82 Å². The molecule has 0 aliphatic heterocycles. The Morgan fingerprint density at radius 2 is 1.67 bits per heavy atom. The van der Waals surface area contributed by atoms with Gasteiger partial charge in [-0.1, -0.05) is 26.0 Å². The monoisotopic (exact) mass is 372 g/mol. The van der Waals surface area contributed by atoms with Gasteiger partial charge in [-0.3, -0.25) is 0 Å². The number of benzene rings is 1. The van der Waals surface area contributed by atoms with Gasteiger partial charge in [0, 0.05) is 19.2 Å². The molecule has 1 aromatic carbocycles. The summed E-state index contributed by atoms with van der Waals surface area (Å²) in [5, 5.41) is 8.00. The van der Waals surface area contributed by atoms with E-state index in [1.54, 1.807) is 11.6 Å². The van der Waals surface area contributed by atoms with Crippen molar-refractivity contribution in [2.75, 3.05) is 6.26 Å². The molecule has 1 aromatic heterocycles. The molecule has 0 aliphatic rings. The lowest BCUT2D eigenvalue weighted by Gasteiger charge is -2.10. The minimum atomic E-state index is -4.01. The molecule has 0 fully saturated rings. The van der Waals surface area contributed by atoms with Gasteiger partial charge in [-0.05, 0) is 12.1 Å². The highest BCUT2D eigenvalue weighted by Crippen LogP contribution is 2.20. The van der Waals surface area contributed by atoms with Crippen LogP contribution in [-0.4, -0.2) is 37.9 Å². The summed E-state index contributed by atoms with van der Waals surface area (Å²) in [4.78, 5) is -0.517. The summed E-state index contributed by atoms with van der Waals surface area (Å²) in [7, 11) is -5.92. The van der Waals surface area contributed by atoms with Crippen LogP contribution in [0.25, 0.3) is 0 Å². The summed E-state index contributed by atoms with van der Waals surface area (Å²) in [6, 6.07) is 5.48. The van der Waals surface area contributed by atoms with E-state index < -0.39 is 19.9 Å². The molecule has 0 atom stereocenters. The maximum Gasteiger partial charge on any atom is 0.242 e. The van der Waals surface area contributed by atoms with Gasteiger partial charge >= 0.3 is 0 Å². The lowest BCUT2D eigenvalue weighted by Crippen LogP contribution is -2.26. The number of hydrogen-bond acceptors (Lipinski definition) is 6. The summed E-state index contributed by atoms with van der Waals surface area (Å²) in [5.74, 6) is 1.33. The third-order valence-electron chi connectivity index (χ3n) is 3.47. The van der Waals surface area contributed by atoms with E-state index in [0.717, 1.165) is 12.1 Å². The molecule has 10 heteroatoms. The average molecular weight is 372 g/mol. The zero-order valence-corrected chi connectivity index (χ0v) is 15.5. The molecule has 0 saturated carbocycles. The molecule has 2 aromatic rings. The van der Waals surface area contributed by atoms with E-state index in [-0.39, 0.29) is 22.3 Å². The summed E-state index contributed by atoms with van der Waals surface area (Å²) in [6.45, 7) is 3.83. The largest absolute Gasteiger partial charge is 0.317 e. The zero-order chi connectivity index (χ0) is 18.1. The van der Waals surface area contributed by atoms with E-state index in [1.807, 2.05) is 13.8 Å². The second-order valence-corrected chi connectivity index (χ2v) is 9.45. The highest BCUT2D eigenvalue weighted by molar-refractivity contribution is 7.93. The van der Waals surface area contributed by atoms with Crippen LogP contribution in [-0.2, 0) is 33.5 Å².